The van der Waals surface area contributed by atoms with Gasteiger partial charge in [-0.05, 0) is 30.2 Å². The van der Waals surface area contributed by atoms with Crippen molar-refractivity contribution in [2.24, 2.45) is 17.8 Å². The summed E-state index contributed by atoms with van der Waals surface area (Å²) in [4.78, 5) is 2.55. The summed E-state index contributed by atoms with van der Waals surface area (Å²) < 4.78 is 0. The van der Waals surface area contributed by atoms with Gasteiger partial charge >= 0.3 is 0 Å². The van der Waals surface area contributed by atoms with Crippen LogP contribution in [0.5, 0.6) is 0 Å². The lowest BCUT2D eigenvalue weighted by Crippen LogP contribution is -2.47. The molecule has 0 aromatic heterocycles. The predicted octanol–water partition coefficient (Wildman–Crippen LogP) is 3.06. The minimum absolute atomic E-state index is 0.325. The Balaban J connectivity index is 1.68. The fraction of sp³-hybridized carbons (Fsp3) is 0.562. The van der Waals surface area contributed by atoms with Gasteiger partial charge in [0.05, 0.1) is 12.0 Å². The predicted molar refractivity (Wildman–Crippen MR) is 71.7 cm³/mol. The number of benzene rings is 1. The van der Waals surface area contributed by atoms with Gasteiger partial charge < -0.3 is 0 Å². The Morgan fingerprint density at radius 1 is 1.11 bits per heavy atom. The smallest absolute Gasteiger partial charge is 0.0662 e. The third-order valence-corrected chi connectivity index (χ3v) is 4.55. The second-order valence-electron chi connectivity index (χ2n) is 5.79. The van der Waals surface area contributed by atoms with Crippen molar-refractivity contribution < 1.29 is 0 Å². The molecular weight excluding hydrogens is 220 g/mol. The number of fused-ring (bicyclic) bond motifs is 2. The minimum atomic E-state index is 0.325. The van der Waals surface area contributed by atoms with Crippen molar-refractivity contribution in [3.05, 3.63) is 35.9 Å². The molecule has 2 fully saturated rings. The van der Waals surface area contributed by atoms with E-state index in [4.69, 9.17) is 0 Å². The molecule has 2 heteroatoms. The highest BCUT2D eigenvalue weighted by Gasteiger charge is 2.39. The number of likely N-dealkylation sites (tertiary alicyclic amines) is 1. The molecule has 0 spiro atoms. The Morgan fingerprint density at radius 3 is 2.39 bits per heavy atom. The molecule has 0 N–H and O–H groups in total. The number of hydrogen-bond donors (Lipinski definition) is 0. The van der Waals surface area contributed by atoms with Crippen molar-refractivity contribution in [2.75, 3.05) is 13.1 Å². The van der Waals surface area contributed by atoms with Gasteiger partial charge in [0, 0.05) is 19.6 Å². The van der Waals surface area contributed by atoms with Gasteiger partial charge in [-0.3, -0.25) is 4.90 Å². The minimum Gasteiger partial charge on any atom is -0.298 e. The SMILES string of the molecule is N#CC1[C@H]2CCC[C@H]1CN(Cc1ccccc1)C2. The Kier molecular flexibility index (Phi) is 3.34. The molecule has 0 radical (unpaired) electrons. The summed E-state index contributed by atoms with van der Waals surface area (Å²) in [6.07, 6.45) is 3.83. The molecule has 1 aliphatic carbocycles. The molecule has 18 heavy (non-hydrogen) atoms. The van der Waals surface area contributed by atoms with Crippen LogP contribution >= 0.6 is 0 Å². The summed E-state index contributed by atoms with van der Waals surface area (Å²) in [5.74, 6) is 1.56. The Morgan fingerprint density at radius 2 is 1.78 bits per heavy atom. The molecule has 1 aromatic carbocycles. The van der Waals surface area contributed by atoms with Crippen LogP contribution in [0.25, 0.3) is 0 Å². The normalized spacial score (nSPS) is 31.8. The summed E-state index contributed by atoms with van der Waals surface area (Å²) in [5.41, 5.74) is 1.39. The maximum absolute atomic E-state index is 9.30. The molecule has 3 rings (SSSR count). The first-order valence-electron chi connectivity index (χ1n) is 7.02. The summed E-state index contributed by atoms with van der Waals surface area (Å²) in [6.45, 7) is 3.28. The first-order chi connectivity index (χ1) is 8.86. The summed E-state index contributed by atoms with van der Waals surface area (Å²) in [6, 6.07) is 13.3. The third kappa shape index (κ3) is 2.28. The second-order valence-corrected chi connectivity index (χ2v) is 5.79. The van der Waals surface area contributed by atoms with Crippen LogP contribution in [0.3, 0.4) is 0 Å². The molecule has 1 aliphatic heterocycles. The Bertz CT molecular complexity index is 420. The number of nitrogens with zero attached hydrogens (tertiary/aromatic N) is 2. The van der Waals surface area contributed by atoms with Gasteiger partial charge in [-0.25, -0.2) is 0 Å². The van der Waals surface area contributed by atoms with Gasteiger partial charge in [-0.2, -0.15) is 5.26 Å². The van der Waals surface area contributed by atoms with Gasteiger partial charge in [-0.1, -0.05) is 36.8 Å². The lowest BCUT2D eigenvalue weighted by molar-refractivity contribution is 0.0453. The van der Waals surface area contributed by atoms with Crippen molar-refractivity contribution in [3.63, 3.8) is 0 Å². The molecule has 0 amide bonds. The van der Waals surface area contributed by atoms with E-state index in [2.05, 4.69) is 41.3 Å². The second kappa shape index (κ2) is 5.12. The molecule has 1 heterocycles. The maximum atomic E-state index is 9.30. The number of nitriles is 1. The zero-order valence-corrected chi connectivity index (χ0v) is 10.8. The monoisotopic (exact) mass is 240 g/mol. The van der Waals surface area contributed by atoms with E-state index >= 15 is 0 Å². The van der Waals surface area contributed by atoms with Crippen molar-refractivity contribution in [1.82, 2.24) is 4.90 Å². The largest absolute Gasteiger partial charge is 0.298 e. The maximum Gasteiger partial charge on any atom is 0.0662 e. The van der Waals surface area contributed by atoms with E-state index in [-0.39, 0.29) is 0 Å². The average molecular weight is 240 g/mol. The topological polar surface area (TPSA) is 27.0 Å². The van der Waals surface area contributed by atoms with Gasteiger partial charge in [0.1, 0.15) is 0 Å². The fourth-order valence-electron chi connectivity index (χ4n) is 3.72. The van der Waals surface area contributed by atoms with Crippen LogP contribution in [0.1, 0.15) is 24.8 Å². The van der Waals surface area contributed by atoms with Crippen LogP contribution in [0.2, 0.25) is 0 Å². The van der Waals surface area contributed by atoms with E-state index in [0.29, 0.717) is 17.8 Å². The molecular formula is C16H20N2. The van der Waals surface area contributed by atoms with E-state index in [1.165, 1.54) is 24.8 Å². The summed E-state index contributed by atoms with van der Waals surface area (Å²) >= 11 is 0. The zero-order chi connectivity index (χ0) is 12.4. The Hall–Kier alpha value is -1.33. The van der Waals surface area contributed by atoms with Gasteiger partial charge in [0.25, 0.3) is 0 Å². The first-order valence-corrected chi connectivity index (χ1v) is 7.02. The number of rotatable bonds is 2. The molecule has 0 unspecified atom stereocenters. The lowest BCUT2D eigenvalue weighted by atomic mass is 9.69. The Labute approximate surface area is 109 Å². The van der Waals surface area contributed by atoms with Crippen molar-refractivity contribution >= 4 is 0 Å². The van der Waals surface area contributed by atoms with Gasteiger partial charge in [0.2, 0.25) is 0 Å². The third-order valence-electron chi connectivity index (χ3n) is 4.55. The van der Waals surface area contributed by atoms with E-state index < -0.39 is 0 Å². The fourth-order valence-corrected chi connectivity index (χ4v) is 3.72. The highest BCUT2D eigenvalue weighted by atomic mass is 15.1. The molecule has 2 bridgehead atoms. The zero-order valence-electron chi connectivity index (χ0n) is 10.8. The highest BCUT2D eigenvalue weighted by Crippen LogP contribution is 2.39. The molecule has 1 aromatic rings. The first kappa shape index (κ1) is 11.7. The van der Waals surface area contributed by atoms with Crippen molar-refractivity contribution in [1.29, 1.82) is 5.26 Å². The molecule has 2 aliphatic rings. The molecule has 1 saturated heterocycles. The van der Waals surface area contributed by atoms with Gasteiger partial charge in [-0.15, -0.1) is 0 Å². The molecule has 2 nitrogen and oxygen atoms in total. The van der Waals surface area contributed by atoms with E-state index in [1.54, 1.807) is 0 Å². The van der Waals surface area contributed by atoms with Crippen molar-refractivity contribution in [2.45, 2.75) is 25.8 Å². The summed E-state index contributed by atoms with van der Waals surface area (Å²) in [7, 11) is 0. The van der Waals surface area contributed by atoms with Crippen LogP contribution in [0, 0.1) is 29.1 Å². The van der Waals surface area contributed by atoms with E-state index in [9.17, 15) is 5.26 Å². The number of piperidine rings is 1. The molecule has 1 saturated carbocycles. The van der Waals surface area contributed by atoms with E-state index in [0.717, 1.165) is 19.6 Å². The van der Waals surface area contributed by atoms with Crippen molar-refractivity contribution in [3.8, 4) is 6.07 Å². The summed E-state index contributed by atoms with van der Waals surface area (Å²) in [5, 5.41) is 9.30. The van der Waals surface area contributed by atoms with Crippen LogP contribution < -0.4 is 0 Å². The number of hydrogen-bond acceptors (Lipinski definition) is 2. The standard InChI is InChI=1S/C16H20N2/c17-9-16-14-7-4-8-15(16)12-18(11-14)10-13-5-2-1-3-6-13/h1-3,5-6,14-16H,4,7-8,10-12H2/t14-,15-/m0/s1. The lowest BCUT2D eigenvalue weighted by Gasteiger charge is -2.44. The highest BCUT2D eigenvalue weighted by molar-refractivity contribution is 5.15. The van der Waals surface area contributed by atoms with Crippen LogP contribution in [0.4, 0.5) is 0 Å². The molecule has 94 valence electrons. The van der Waals surface area contributed by atoms with Crippen LogP contribution in [-0.2, 0) is 6.54 Å². The quantitative estimate of drug-likeness (QED) is 0.794. The van der Waals surface area contributed by atoms with E-state index in [1.807, 2.05) is 0 Å². The van der Waals surface area contributed by atoms with Gasteiger partial charge in [0.15, 0.2) is 0 Å². The van der Waals surface area contributed by atoms with Crippen LogP contribution in [0.15, 0.2) is 30.3 Å². The molecule has 2 atom stereocenters. The van der Waals surface area contributed by atoms with Crippen LogP contribution in [-0.4, -0.2) is 18.0 Å². The average Bonchev–Trinajstić information content (AvgIpc) is 2.39.